The van der Waals surface area contributed by atoms with Gasteiger partial charge in [0.15, 0.2) is 0 Å². The van der Waals surface area contributed by atoms with E-state index in [1.165, 1.54) is 141 Å². The lowest BCUT2D eigenvalue weighted by Crippen LogP contribution is -1.76. The van der Waals surface area contributed by atoms with Crippen LogP contribution in [-0.4, -0.2) is 0 Å². The van der Waals surface area contributed by atoms with E-state index in [1.54, 1.807) is 0 Å². The topological polar surface area (TPSA) is 0 Å². The molecule has 284 valence electrons. The van der Waals surface area contributed by atoms with E-state index in [9.17, 15) is 0 Å². The quantitative estimate of drug-likeness (QED) is 0.134. The Morgan fingerprint density at radius 3 is 0.333 bits per heavy atom. The highest BCUT2D eigenvalue weighted by Crippen LogP contribution is 2.06. The Labute approximate surface area is 285 Å². The van der Waals surface area contributed by atoms with E-state index in [-0.39, 0.29) is 89.1 Å². The minimum absolute atomic E-state index is 0. The zero-order valence-corrected chi connectivity index (χ0v) is 23.6. The van der Waals surface area contributed by atoms with Gasteiger partial charge < -0.3 is 0 Å². The third kappa shape index (κ3) is 188. The number of unbranched alkanes of at least 4 members (excludes halogenated alkanes) is 18. The number of rotatable bonds is 18. The van der Waals surface area contributed by atoms with Gasteiger partial charge >= 0.3 is 0 Å². The first-order chi connectivity index (χ1) is 14.7. The summed E-state index contributed by atoms with van der Waals surface area (Å²) in [4.78, 5) is 0. The van der Waals surface area contributed by atoms with Crippen LogP contribution in [0.4, 0.5) is 0 Å². The third-order valence-corrected chi connectivity index (χ3v) is 5.33. The molecule has 0 saturated carbocycles. The predicted molar refractivity (Wildman–Crippen MR) is 228 cm³/mol. The molecule has 0 aromatic heterocycles. The van der Waals surface area contributed by atoms with Crippen LogP contribution in [0.2, 0.25) is 0 Å². The molecule has 0 radical (unpaired) electrons. The van der Waals surface area contributed by atoms with Crippen molar-refractivity contribution in [1.82, 2.24) is 0 Å². The summed E-state index contributed by atoms with van der Waals surface area (Å²) in [6, 6.07) is 0. The smallest absolute Gasteiger partial charge is 0.0533 e. The van der Waals surface area contributed by atoms with Gasteiger partial charge in [0.25, 0.3) is 0 Å². The molecule has 0 aromatic rings. The van der Waals surface area contributed by atoms with E-state index in [4.69, 9.17) is 0 Å². The van der Waals surface area contributed by atoms with Crippen molar-refractivity contribution in [1.29, 1.82) is 0 Å². The third-order valence-electron chi connectivity index (χ3n) is 5.33. The lowest BCUT2D eigenvalue weighted by atomic mass is 10.1. The molecule has 0 spiro atoms. The standard InChI is InChI=1S/2C9H20.C7H16.C5H12.12CH4/c2*1-3-5-7-9-8-6-4-2;1-3-5-7-6-4-2;1-3-5-4-2;;;;;;;;;;;;/h2*3-9H2,1-2H3;3-7H2,1-2H3;3-5H2,1-2H3;12*1H4. The molecule has 0 nitrogen and oxygen atoms in total. The molecule has 0 saturated heterocycles. The van der Waals surface area contributed by atoms with Gasteiger partial charge in [-0.2, -0.15) is 0 Å². The maximum absolute atomic E-state index is 2.26. The van der Waals surface area contributed by atoms with Crippen LogP contribution in [-0.2, 0) is 0 Å². The SMILES string of the molecule is C.C.C.C.C.C.C.C.C.C.C.C.CCCCC.CCCCCCC.CCCCCCCCC.CCCCCCCCC. The highest BCUT2D eigenvalue weighted by molar-refractivity contribution is 4.42. The highest BCUT2D eigenvalue weighted by Gasteiger charge is 1.86. The van der Waals surface area contributed by atoms with E-state index >= 15 is 0 Å². The van der Waals surface area contributed by atoms with E-state index in [2.05, 4.69) is 55.4 Å². The minimum atomic E-state index is 0. The fraction of sp³-hybridized carbons (Fsp3) is 1.00. The van der Waals surface area contributed by atoms with Crippen LogP contribution in [0.15, 0.2) is 0 Å². The summed E-state index contributed by atoms with van der Waals surface area (Å²) < 4.78 is 0. The average Bonchev–Trinajstić information content (AvgIpc) is 2.76. The molecule has 0 N–H and O–H groups in total. The van der Waals surface area contributed by atoms with Crippen molar-refractivity contribution in [3.63, 3.8) is 0 Å². The van der Waals surface area contributed by atoms with E-state index in [0.29, 0.717) is 0 Å². The maximum atomic E-state index is 2.26. The molecule has 0 aliphatic rings. The summed E-state index contributed by atoms with van der Waals surface area (Å²) in [5, 5.41) is 0. The molecule has 0 bridgehead atoms. The Hall–Kier alpha value is 0. The molecule has 0 aliphatic heterocycles. The van der Waals surface area contributed by atoms with Crippen molar-refractivity contribution in [3.05, 3.63) is 0 Å². The molecular weight excluding hydrogens is 504 g/mol. The van der Waals surface area contributed by atoms with Crippen LogP contribution < -0.4 is 0 Å². The summed E-state index contributed by atoms with van der Waals surface area (Å²) in [5.41, 5.74) is 0. The minimum Gasteiger partial charge on any atom is -0.0776 e. The summed E-state index contributed by atoms with van der Waals surface area (Å²) in [6.07, 6.45) is 31.0. The summed E-state index contributed by atoms with van der Waals surface area (Å²) in [5.74, 6) is 0. The Bertz CT molecular complexity index is 164. The summed E-state index contributed by atoms with van der Waals surface area (Å²) in [6.45, 7) is 18.0. The molecular formula is C42H116. The normalized spacial score (nSPS) is 6.86. The largest absolute Gasteiger partial charge is 0.0776 e. The van der Waals surface area contributed by atoms with Crippen molar-refractivity contribution < 1.29 is 0 Å². The van der Waals surface area contributed by atoms with Crippen LogP contribution >= 0.6 is 0 Å². The molecule has 0 aromatic carbocycles. The predicted octanol–water partition coefficient (Wildman–Crippen LogP) is 20.3. The zero-order valence-electron chi connectivity index (χ0n) is 23.6. The molecule has 0 aliphatic carbocycles. The maximum Gasteiger partial charge on any atom is -0.0533 e. The first-order valence-electron chi connectivity index (χ1n) is 14.7. The Kier molecular flexibility index (Phi) is 337. The second-order valence-corrected chi connectivity index (χ2v) is 8.95. The van der Waals surface area contributed by atoms with Crippen LogP contribution in [0.25, 0.3) is 0 Å². The van der Waals surface area contributed by atoms with Gasteiger partial charge in [0.05, 0.1) is 0 Å². The molecule has 42 heavy (non-hydrogen) atoms. The summed E-state index contributed by atoms with van der Waals surface area (Å²) >= 11 is 0. The van der Waals surface area contributed by atoms with Gasteiger partial charge in [0.2, 0.25) is 0 Å². The van der Waals surface area contributed by atoms with Crippen LogP contribution in [0, 0.1) is 0 Å². The van der Waals surface area contributed by atoms with Crippen LogP contribution in [0.3, 0.4) is 0 Å². The lowest BCUT2D eigenvalue weighted by Gasteiger charge is -1.96. The van der Waals surface area contributed by atoms with Gasteiger partial charge in [0, 0.05) is 0 Å². The molecule has 0 rings (SSSR count). The van der Waals surface area contributed by atoms with Crippen molar-refractivity contribution in [2.45, 2.75) is 286 Å². The molecule has 0 heterocycles. The molecule has 0 fully saturated rings. The van der Waals surface area contributed by atoms with Gasteiger partial charge in [-0.3, -0.25) is 0 Å². The van der Waals surface area contributed by atoms with Gasteiger partial charge in [-0.05, 0) is 0 Å². The second-order valence-electron chi connectivity index (χ2n) is 8.95. The highest BCUT2D eigenvalue weighted by atomic mass is 13.9. The first-order valence-corrected chi connectivity index (χ1v) is 14.7. The van der Waals surface area contributed by atoms with E-state index in [0.717, 1.165) is 0 Å². The van der Waals surface area contributed by atoms with Gasteiger partial charge in [0.1, 0.15) is 0 Å². The second kappa shape index (κ2) is 136. The molecule has 0 unspecified atom stereocenters. The Morgan fingerprint density at radius 1 is 0.143 bits per heavy atom. The zero-order chi connectivity index (χ0) is 23.6. The Balaban J connectivity index is -0.0000000142. The number of hydrogen-bond donors (Lipinski definition) is 0. The van der Waals surface area contributed by atoms with Gasteiger partial charge in [-0.25, -0.2) is 0 Å². The van der Waals surface area contributed by atoms with Crippen molar-refractivity contribution >= 4 is 0 Å². The van der Waals surface area contributed by atoms with Gasteiger partial charge in [-0.15, -0.1) is 0 Å². The Morgan fingerprint density at radius 2 is 0.238 bits per heavy atom. The van der Waals surface area contributed by atoms with Crippen LogP contribution in [0.5, 0.6) is 0 Å². The molecule has 0 amide bonds. The lowest BCUT2D eigenvalue weighted by molar-refractivity contribution is 0.602. The molecule has 0 heteroatoms. The monoisotopic (exact) mass is 621 g/mol. The van der Waals surface area contributed by atoms with Crippen LogP contribution in [0.1, 0.15) is 286 Å². The average molecular weight is 621 g/mol. The van der Waals surface area contributed by atoms with E-state index in [1.807, 2.05) is 0 Å². The van der Waals surface area contributed by atoms with Crippen molar-refractivity contribution in [2.75, 3.05) is 0 Å². The van der Waals surface area contributed by atoms with Crippen molar-refractivity contribution in [2.24, 2.45) is 0 Å². The van der Waals surface area contributed by atoms with E-state index < -0.39 is 0 Å². The molecule has 0 atom stereocenters. The van der Waals surface area contributed by atoms with Gasteiger partial charge in [-0.1, -0.05) is 286 Å². The van der Waals surface area contributed by atoms with Crippen molar-refractivity contribution in [3.8, 4) is 0 Å². The first kappa shape index (κ1) is 104. The number of hydrogen-bond acceptors (Lipinski definition) is 0. The fourth-order valence-electron chi connectivity index (χ4n) is 3.09. The summed E-state index contributed by atoms with van der Waals surface area (Å²) in [7, 11) is 0. The fourth-order valence-corrected chi connectivity index (χ4v) is 3.09.